The number of hydrogen-bond acceptors (Lipinski definition) is 4. The fourth-order valence-electron chi connectivity index (χ4n) is 2.48. The molecule has 0 aliphatic heterocycles. The van der Waals surface area contributed by atoms with E-state index >= 15 is 0 Å². The molecule has 1 aliphatic rings. The molecule has 0 amide bonds. The van der Waals surface area contributed by atoms with Crippen molar-refractivity contribution >= 4 is 28.5 Å². The number of nitrogens with one attached hydrogen (secondary N) is 2. The zero-order valence-electron chi connectivity index (χ0n) is 9.99. The van der Waals surface area contributed by atoms with Gasteiger partial charge in [0.25, 0.3) is 0 Å². The van der Waals surface area contributed by atoms with E-state index in [9.17, 15) is 0 Å². The van der Waals surface area contributed by atoms with Gasteiger partial charge in [-0.15, -0.1) is 0 Å². The molecule has 0 unspecified atom stereocenters. The molecule has 2 heterocycles. The second kappa shape index (κ2) is 4.74. The highest BCUT2D eigenvalue weighted by molar-refractivity contribution is 6.28. The van der Waals surface area contributed by atoms with Crippen molar-refractivity contribution < 1.29 is 0 Å². The van der Waals surface area contributed by atoms with Gasteiger partial charge in [-0.3, -0.25) is 0 Å². The van der Waals surface area contributed by atoms with E-state index in [4.69, 9.17) is 17.3 Å². The van der Waals surface area contributed by atoms with Crippen LogP contribution in [0.1, 0.15) is 25.7 Å². The number of fused-ring (bicyclic) bond motifs is 1. The van der Waals surface area contributed by atoms with Crippen molar-refractivity contribution in [3.63, 3.8) is 0 Å². The van der Waals surface area contributed by atoms with Crippen molar-refractivity contribution in [2.24, 2.45) is 5.73 Å². The molecule has 0 radical (unpaired) electrons. The van der Waals surface area contributed by atoms with Gasteiger partial charge in [-0.25, -0.2) is 4.98 Å². The van der Waals surface area contributed by atoms with E-state index in [0.717, 1.165) is 42.5 Å². The second-order valence-electron chi connectivity index (χ2n) is 4.84. The number of nitrogens with two attached hydrogens (primary N) is 1. The van der Waals surface area contributed by atoms with Crippen LogP contribution in [0.3, 0.4) is 0 Å². The number of hydrogen-bond donors (Lipinski definition) is 3. The van der Waals surface area contributed by atoms with Crippen LogP contribution in [0.15, 0.2) is 12.3 Å². The van der Waals surface area contributed by atoms with Crippen LogP contribution in [0.4, 0.5) is 5.82 Å². The molecule has 2 aromatic heterocycles. The summed E-state index contributed by atoms with van der Waals surface area (Å²) < 4.78 is 0. The molecule has 18 heavy (non-hydrogen) atoms. The molecule has 5 nitrogen and oxygen atoms in total. The lowest BCUT2D eigenvalue weighted by Crippen LogP contribution is -2.33. The molecule has 96 valence electrons. The molecule has 0 spiro atoms. The van der Waals surface area contributed by atoms with Crippen molar-refractivity contribution in [3.8, 4) is 0 Å². The van der Waals surface area contributed by atoms with Crippen molar-refractivity contribution in [1.82, 2.24) is 15.0 Å². The van der Waals surface area contributed by atoms with E-state index in [1.807, 2.05) is 12.3 Å². The van der Waals surface area contributed by atoms with E-state index < -0.39 is 0 Å². The van der Waals surface area contributed by atoms with Gasteiger partial charge in [0.1, 0.15) is 5.52 Å². The third-order valence-corrected chi connectivity index (χ3v) is 3.66. The lowest BCUT2D eigenvalue weighted by Gasteiger charge is -2.27. The van der Waals surface area contributed by atoms with Crippen LogP contribution < -0.4 is 11.1 Å². The normalized spacial score (nSPS) is 24.3. The first-order valence-electron chi connectivity index (χ1n) is 6.25. The third-order valence-electron chi connectivity index (χ3n) is 3.49. The molecule has 0 aromatic carbocycles. The van der Waals surface area contributed by atoms with Crippen molar-refractivity contribution in [1.29, 1.82) is 0 Å². The van der Waals surface area contributed by atoms with Crippen LogP contribution in [-0.4, -0.2) is 27.0 Å². The monoisotopic (exact) mass is 265 g/mol. The molecule has 1 aliphatic carbocycles. The lowest BCUT2D eigenvalue weighted by molar-refractivity contribution is 0.410. The molecule has 4 N–H and O–H groups in total. The Balaban J connectivity index is 1.83. The highest BCUT2D eigenvalue weighted by atomic mass is 35.5. The molecule has 0 bridgehead atoms. The van der Waals surface area contributed by atoms with Gasteiger partial charge < -0.3 is 16.0 Å². The largest absolute Gasteiger partial charge is 0.365 e. The van der Waals surface area contributed by atoms with Gasteiger partial charge in [0, 0.05) is 18.3 Å². The summed E-state index contributed by atoms with van der Waals surface area (Å²) in [6.45, 7) is 0. The maximum absolute atomic E-state index is 5.93. The zero-order chi connectivity index (χ0) is 12.5. The minimum Gasteiger partial charge on any atom is -0.365 e. The highest BCUT2D eigenvalue weighted by Gasteiger charge is 2.20. The standard InChI is InChI=1S/C12H16ClN5/c13-12-17-9-5-6-15-10(9)11(18-12)16-8-3-1-7(14)2-4-8/h5-8,15H,1-4,14H2,(H,16,17,18). The van der Waals surface area contributed by atoms with Gasteiger partial charge >= 0.3 is 0 Å². The van der Waals surface area contributed by atoms with Crippen molar-refractivity contribution in [2.45, 2.75) is 37.8 Å². The summed E-state index contributed by atoms with van der Waals surface area (Å²) in [5.41, 5.74) is 7.66. The number of anilines is 1. The maximum atomic E-state index is 5.93. The highest BCUT2D eigenvalue weighted by Crippen LogP contribution is 2.25. The van der Waals surface area contributed by atoms with Gasteiger partial charge in [-0.2, -0.15) is 4.98 Å². The Labute approximate surface area is 110 Å². The van der Waals surface area contributed by atoms with E-state index in [1.165, 1.54) is 0 Å². The smallest absolute Gasteiger partial charge is 0.225 e. The summed E-state index contributed by atoms with van der Waals surface area (Å²) in [6.07, 6.45) is 6.11. The molecular weight excluding hydrogens is 250 g/mol. The Morgan fingerprint density at radius 1 is 1.28 bits per heavy atom. The molecule has 1 fully saturated rings. The number of aromatic amines is 1. The lowest BCUT2D eigenvalue weighted by atomic mass is 9.92. The van der Waals surface area contributed by atoms with Crippen LogP contribution in [0.25, 0.3) is 11.0 Å². The van der Waals surface area contributed by atoms with Crippen LogP contribution in [0.5, 0.6) is 0 Å². The van der Waals surface area contributed by atoms with Crippen LogP contribution in [-0.2, 0) is 0 Å². The average molecular weight is 266 g/mol. The molecule has 1 saturated carbocycles. The van der Waals surface area contributed by atoms with E-state index in [2.05, 4.69) is 20.3 Å². The van der Waals surface area contributed by atoms with Crippen molar-refractivity contribution in [2.75, 3.05) is 5.32 Å². The number of nitrogens with zero attached hydrogens (tertiary/aromatic N) is 2. The van der Waals surface area contributed by atoms with E-state index in [0.29, 0.717) is 12.1 Å². The third kappa shape index (κ3) is 2.28. The van der Waals surface area contributed by atoms with E-state index in [-0.39, 0.29) is 5.28 Å². The summed E-state index contributed by atoms with van der Waals surface area (Å²) >= 11 is 5.93. The molecule has 3 rings (SSSR count). The average Bonchev–Trinajstić information content (AvgIpc) is 2.80. The summed E-state index contributed by atoms with van der Waals surface area (Å²) in [7, 11) is 0. The van der Waals surface area contributed by atoms with Gasteiger partial charge in [0.15, 0.2) is 5.82 Å². The fraction of sp³-hybridized carbons (Fsp3) is 0.500. The predicted octanol–water partition coefficient (Wildman–Crippen LogP) is 2.29. The first-order chi connectivity index (χ1) is 8.72. The zero-order valence-corrected chi connectivity index (χ0v) is 10.7. The molecular formula is C12H16ClN5. The van der Waals surface area contributed by atoms with Gasteiger partial charge in [-0.05, 0) is 43.4 Å². The molecule has 2 aromatic rings. The molecule has 0 atom stereocenters. The van der Waals surface area contributed by atoms with Crippen LogP contribution >= 0.6 is 11.6 Å². The Bertz CT molecular complexity index is 544. The fourth-order valence-corrected chi connectivity index (χ4v) is 2.65. The first kappa shape index (κ1) is 11.7. The number of rotatable bonds is 2. The SMILES string of the molecule is NC1CCC(Nc2nc(Cl)nc3cc[nH]c23)CC1. The number of H-pyrrole nitrogens is 1. The van der Waals surface area contributed by atoms with Gasteiger partial charge in [0.05, 0.1) is 5.52 Å². The van der Waals surface area contributed by atoms with Crippen LogP contribution in [0.2, 0.25) is 5.28 Å². The summed E-state index contributed by atoms with van der Waals surface area (Å²) in [6, 6.07) is 2.66. The molecule has 0 saturated heterocycles. The number of aromatic nitrogens is 3. The van der Waals surface area contributed by atoms with Gasteiger partial charge in [0.2, 0.25) is 5.28 Å². The quantitative estimate of drug-likeness (QED) is 0.728. The Morgan fingerprint density at radius 3 is 2.83 bits per heavy atom. The minimum absolute atomic E-state index is 0.275. The Hall–Kier alpha value is -1.33. The number of halogens is 1. The Morgan fingerprint density at radius 2 is 2.06 bits per heavy atom. The second-order valence-corrected chi connectivity index (χ2v) is 5.17. The summed E-state index contributed by atoms with van der Waals surface area (Å²) in [4.78, 5) is 11.6. The Kier molecular flexibility index (Phi) is 3.09. The topological polar surface area (TPSA) is 79.6 Å². The molecule has 6 heteroatoms. The minimum atomic E-state index is 0.275. The summed E-state index contributed by atoms with van der Waals surface area (Å²) in [5.74, 6) is 0.787. The van der Waals surface area contributed by atoms with E-state index in [1.54, 1.807) is 0 Å². The van der Waals surface area contributed by atoms with Gasteiger partial charge in [-0.1, -0.05) is 0 Å². The maximum Gasteiger partial charge on any atom is 0.225 e. The van der Waals surface area contributed by atoms with Crippen LogP contribution in [0, 0.1) is 0 Å². The summed E-state index contributed by atoms with van der Waals surface area (Å²) in [5, 5.41) is 3.72. The van der Waals surface area contributed by atoms with Crippen molar-refractivity contribution in [3.05, 3.63) is 17.5 Å². The predicted molar refractivity (Wildman–Crippen MR) is 72.8 cm³/mol. The first-order valence-corrected chi connectivity index (χ1v) is 6.63.